The van der Waals surface area contributed by atoms with Crippen molar-refractivity contribution in [3.05, 3.63) is 36.2 Å². The molecule has 1 atom stereocenters. The second-order valence-corrected chi connectivity index (χ2v) is 4.43. The molecule has 0 saturated heterocycles. The van der Waals surface area contributed by atoms with E-state index in [2.05, 4.69) is 9.97 Å². The third-order valence-corrected chi connectivity index (χ3v) is 3.34. The van der Waals surface area contributed by atoms with Crippen molar-refractivity contribution in [2.24, 2.45) is 0 Å². The average molecular weight is 258 g/mol. The van der Waals surface area contributed by atoms with E-state index in [9.17, 15) is 9.59 Å². The molecule has 1 aromatic carbocycles. The fraction of sp³-hybridized carbons (Fsp3) is 0.286. The maximum Gasteiger partial charge on any atom is 0.323 e. The fourth-order valence-electron chi connectivity index (χ4n) is 1.94. The molecule has 98 valence electrons. The third-order valence-electron chi connectivity index (χ3n) is 3.34. The Balaban J connectivity index is 2.63. The van der Waals surface area contributed by atoms with Crippen LogP contribution >= 0.6 is 0 Å². The van der Waals surface area contributed by atoms with E-state index in [4.69, 9.17) is 4.74 Å². The predicted molar refractivity (Wildman–Crippen MR) is 69.6 cm³/mol. The summed E-state index contributed by atoms with van der Waals surface area (Å²) in [5.74, 6) is -0.856. The first-order valence-corrected chi connectivity index (χ1v) is 5.81. The Labute approximate surface area is 110 Å². The van der Waals surface area contributed by atoms with Crippen LogP contribution in [0.15, 0.2) is 30.6 Å². The Morgan fingerprint density at radius 3 is 2.37 bits per heavy atom. The second kappa shape index (κ2) is 4.76. The maximum atomic E-state index is 11.9. The molecule has 1 aromatic heterocycles. The van der Waals surface area contributed by atoms with Crippen molar-refractivity contribution in [3.8, 4) is 0 Å². The molecule has 5 heteroatoms. The Morgan fingerprint density at radius 1 is 1.16 bits per heavy atom. The molecule has 0 fully saturated rings. The normalized spacial score (nSPS) is 13.8. The summed E-state index contributed by atoms with van der Waals surface area (Å²) in [5.41, 5.74) is 0.582. The molecular formula is C14H14N2O3. The number of ether oxygens (including phenoxy) is 1. The molecule has 0 aliphatic carbocycles. The molecule has 1 heterocycles. The molecule has 0 aliphatic heterocycles. The number of esters is 1. The van der Waals surface area contributed by atoms with Crippen LogP contribution in [0.2, 0.25) is 0 Å². The quantitative estimate of drug-likeness (QED) is 0.618. The number of rotatable bonds is 3. The minimum Gasteiger partial charge on any atom is -0.468 e. The molecule has 0 N–H and O–H groups in total. The first-order valence-electron chi connectivity index (χ1n) is 5.81. The van der Waals surface area contributed by atoms with Gasteiger partial charge in [0.05, 0.1) is 18.1 Å². The largest absolute Gasteiger partial charge is 0.468 e. The molecule has 19 heavy (non-hydrogen) atoms. The predicted octanol–water partition coefficient (Wildman–Crippen LogP) is 1.65. The van der Waals surface area contributed by atoms with Crippen LogP contribution in [0, 0.1) is 0 Å². The Hall–Kier alpha value is -2.30. The van der Waals surface area contributed by atoms with Crippen LogP contribution in [0.3, 0.4) is 0 Å². The lowest BCUT2D eigenvalue weighted by atomic mass is 9.79. The van der Waals surface area contributed by atoms with Gasteiger partial charge in [0.2, 0.25) is 0 Å². The molecule has 5 nitrogen and oxygen atoms in total. The van der Waals surface area contributed by atoms with Gasteiger partial charge in [0.25, 0.3) is 0 Å². The third kappa shape index (κ3) is 2.07. The summed E-state index contributed by atoms with van der Waals surface area (Å²) in [6.45, 7) is 2.93. The zero-order valence-corrected chi connectivity index (χ0v) is 11.0. The van der Waals surface area contributed by atoms with Crippen LogP contribution in [-0.4, -0.2) is 28.8 Å². The van der Waals surface area contributed by atoms with Gasteiger partial charge in [-0.1, -0.05) is 6.07 Å². The number of benzene rings is 1. The number of carbonyl (C=O) groups is 2. The number of Topliss-reactive ketones (excluding diaryl/α,β-unsaturated/α-hetero) is 1. The lowest BCUT2D eigenvalue weighted by Gasteiger charge is -2.24. The minimum absolute atomic E-state index is 0.275. The van der Waals surface area contributed by atoms with Crippen LogP contribution in [0.1, 0.15) is 19.4 Å². The van der Waals surface area contributed by atoms with Gasteiger partial charge in [0, 0.05) is 12.4 Å². The van der Waals surface area contributed by atoms with Crippen LogP contribution in [0.25, 0.3) is 11.0 Å². The molecule has 0 amide bonds. The van der Waals surface area contributed by atoms with E-state index in [1.807, 2.05) is 0 Å². The highest BCUT2D eigenvalue weighted by Crippen LogP contribution is 2.28. The second-order valence-electron chi connectivity index (χ2n) is 4.43. The molecule has 2 aromatic rings. The number of carbonyl (C=O) groups excluding carboxylic acids is 2. The zero-order chi connectivity index (χ0) is 14.0. The van der Waals surface area contributed by atoms with Crippen molar-refractivity contribution in [1.29, 1.82) is 0 Å². The minimum atomic E-state index is -1.32. The number of hydrogen-bond donors (Lipinski definition) is 0. The molecule has 0 radical (unpaired) electrons. The SMILES string of the molecule is COC(=O)C(C)(C(C)=O)c1ccc2nccnc2c1. The first-order chi connectivity index (χ1) is 9.00. The van der Waals surface area contributed by atoms with Crippen LogP contribution in [-0.2, 0) is 19.7 Å². The van der Waals surface area contributed by atoms with Crippen molar-refractivity contribution in [2.75, 3.05) is 7.11 Å². The highest BCUT2D eigenvalue weighted by Gasteiger charge is 2.41. The van der Waals surface area contributed by atoms with E-state index in [0.29, 0.717) is 16.6 Å². The van der Waals surface area contributed by atoms with E-state index in [1.54, 1.807) is 37.5 Å². The number of ketones is 1. The number of hydrogen-bond acceptors (Lipinski definition) is 5. The molecule has 0 saturated carbocycles. The average Bonchev–Trinajstić information content (AvgIpc) is 2.44. The summed E-state index contributed by atoms with van der Waals surface area (Å²) in [6.07, 6.45) is 3.15. The standard InChI is InChI=1S/C14H14N2O3/c1-9(17)14(2,13(18)19-3)10-4-5-11-12(8-10)16-7-6-15-11/h4-8H,1-3H3. The summed E-state index contributed by atoms with van der Waals surface area (Å²) < 4.78 is 4.75. The molecule has 0 aliphatic rings. The highest BCUT2D eigenvalue weighted by molar-refractivity contribution is 6.08. The van der Waals surface area contributed by atoms with E-state index in [1.165, 1.54) is 14.0 Å². The van der Waals surface area contributed by atoms with Crippen molar-refractivity contribution in [2.45, 2.75) is 19.3 Å². The van der Waals surface area contributed by atoms with Crippen LogP contribution in [0.4, 0.5) is 0 Å². The van der Waals surface area contributed by atoms with Gasteiger partial charge in [-0.05, 0) is 31.5 Å². The molecular weight excluding hydrogens is 244 g/mol. The maximum absolute atomic E-state index is 11.9. The van der Waals surface area contributed by atoms with Gasteiger partial charge in [-0.25, -0.2) is 0 Å². The number of fused-ring (bicyclic) bond motifs is 1. The van der Waals surface area contributed by atoms with E-state index >= 15 is 0 Å². The number of aromatic nitrogens is 2. The van der Waals surface area contributed by atoms with Crippen LogP contribution in [0.5, 0.6) is 0 Å². The fourth-order valence-corrected chi connectivity index (χ4v) is 1.94. The van der Waals surface area contributed by atoms with Crippen molar-refractivity contribution in [1.82, 2.24) is 9.97 Å². The number of nitrogens with zero attached hydrogens (tertiary/aromatic N) is 2. The Kier molecular flexibility index (Phi) is 3.29. The molecule has 1 unspecified atom stereocenters. The van der Waals surface area contributed by atoms with Gasteiger partial charge in [-0.2, -0.15) is 0 Å². The van der Waals surface area contributed by atoms with Gasteiger partial charge in [-0.3, -0.25) is 19.6 Å². The first kappa shape index (κ1) is 13.1. The summed E-state index contributed by atoms with van der Waals surface area (Å²) >= 11 is 0. The summed E-state index contributed by atoms with van der Waals surface area (Å²) in [5, 5.41) is 0. The van der Waals surface area contributed by atoms with Gasteiger partial charge < -0.3 is 4.74 Å². The monoisotopic (exact) mass is 258 g/mol. The summed E-state index contributed by atoms with van der Waals surface area (Å²) in [6, 6.07) is 5.14. The molecule has 2 rings (SSSR count). The lowest BCUT2D eigenvalue weighted by molar-refractivity contribution is -0.150. The number of methoxy groups -OCH3 is 1. The van der Waals surface area contributed by atoms with Crippen molar-refractivity contribution in [3.63, 3.8) is 0 Å². The van der Waals surface area contributed by atoms with Gasteiger partial charge in [0.1, 0.15) is 5.41 Å². The highest BCUT2D eigenvalue weighted by atomic mass is 16.5. The van der Waals surface area contributed by atoms with E-state index < -0.39 is 11.4 Å². The summed E-state index contributed by atoms with van der Waals surface area (Å²) in [4.78, 5) is 32.1. The van der Waals surface area contributed by atoms with Gasteiger partial charge in [0.15, 0.2) is 5.78 Å². The Morgan fingerprint density at radius 2 is 1.79 bits per heavy atom. The smallest absolute Gasteiger partial charge is 0.323 e. The van der Waals surface area contributed by atoms with Gasteiger partial charge in [-0.15, -0.1) is 0 Å². The van der Waals surface area contributed by atoms with Crippen molar-refractivity contribution >= 4 is 22.8 Å². The van der Waals surface area contributed by atoms with Crippen LogP contribution < -0.4 is 0 Å². The molecule has 0 spiro atoms. The van der Waals surface area contributed by atoms with E-state index in [0.717, 1.165) is 0 Å². The van der Waals surface area contributed by atoms with Gasteiger partial charge >= 0.3 is 5.97 Å². The molecule has 0 bridgehead atoms. The van der Waals surface area contributed by atoms with E-state index in [-0.39, 0.29) is 5.78 Å². The topological polar surface area (TPSA) is 69.2 Å². The lowest BCUT2D eigenvalue weighted by Crippen LogP contribution is -2.40. The summed E-state index contributed by atoms with van der Waals surface area (Å²) in [7, 11) is 1.27. The Bertz CT molecular complexity index is 654. The van der Waals surface area contributed by atoms with Crippen molar-refractivity contribution < 1.29 is 14.3 Å². The zero-order valence-electron chi connectivity index (χ0n) is 11.0.